The summed E-state index contributed by atoms with van der Waals surface area (Å²) in [6.45, 7) is 4.37. The first-order chi connectivity index (χ1) is 12.6. The van der Waals surface area contributed by atoms with E-state index in [1.807, 2.05) is 43.5 Å². The normalized spacial score (nSPS) is 12.1. The van der Waals surface area contributed by atoms with Crippen molar-refractivity contribution in [1.82, 2.24) is 15.1 Å². The highest BCUT2D eigenvalue weighted by Crippen LogP contribution is 2.05. The van der Waals surface area contributed by atoms with Crippen molar-refractivity contribution in [1.29, 1.82) is 0 Å². The summed E-state index contributed by atoms with van der Waals surface area (Å²) < 4.78 is 6.74. The summed E-state index contributed by atoms with van der Waals surface area (Å²) in [5, 5.41) is 7.05. The minimum Gasteiger partial charge on any atom is -0.452 e. The predicted molar refractivity (Wildman–Crippen MR) is 100 cm³/mol. The van der Waals surface area contributed by atoms with Gasteiger partial charge in [0, 0.05) is 23.9 Å². The third-order valence-electron chi connectivity index (χ3n) is 3.73. The molecule has 0 aliphatic carbocycles. The van der Waals surface area contributed by atoms with E-state index in [0.717, 1.165) is 24.0 Å². The monoisotopic (exact) mass is 355 g/mol. The molecule has 0 fully saturated rings. The number of rotatable bonds is 9. The van der Waals surface area contributed by atoms with Crippen molar-refractivity contribution in [2.75, 3.05) is 6.61 Å². The van der Waals surface area contributed by atoms with E-state index >= 15 is 0 Å². The maximum atomic E-state index is 11.7. The zero-order chi connectivity index (χ0) is 18.8. The Kier molecular flexibility index (Phi) is 7.61. The van der Waals surface area contributed by atoms with Crippen LogP contribution in [0.4, 0.5) is 0 Å². The van der Waals surface area contributed by atoms with Gasteiger partial charge in [-0.25, -0.2) is 4.79 Å². The maximum Gasteiger partial charge on any atom is 0.331 e. The fraction of sp³-hybridized carbons (Fsp3) is 0.350. The van der Waals surface area contributed by atoms with Crippen LogP contribution in [0.15, 0.2) is 48.8 Å². The quantitative estimate of drug-likeness (QED) is 0.554. The lowest BCUT2D eigenvalue weighted by Gasteiger charge is -2.12. The lowest BCUT2D eigenvalue weighted by molar-refractivity contribution is -0.144. The number of esters is 1. The van der Waals surface area contributed by atoms with Crippen molar-refractivity contribution < 1.29 is 14.3 Å². The second-order valence-electron chi connectivity index (χ2n) is 6.16. The molecule has 0 bridgehead atoms. The van der Waals surface area contributed by atoms with Crippen molar-refractivity contribution in [2.24, 2.45) is 0 Å². The Morgan fingerprint density at radius 1 is 1.31 bits per heavy atom. The van der Waals surface area contributed by atoms with E-state index in [0.29, 0.717) is 6.54 Å². The Hall–Kier alpha value is -2.89. The lowest BCUT2D eigenvalue weighted by atomic mass is 10.2. The van der Waals surface area contributed by atoms with E-state index < -0.39 is 5.97 Å². The molecule has 0 radical (unpaired) electrons. The van der Waals surface area contributed by atoms with E-state index in [9.17, 15) is 9.59 Å². The van der Waals surface area contributed by atoms with Crippen molar-refractivity contribution >= 4 is 18.0 Å². The predicted octanol–water partition coefficient (Wildman–Crippen LogP) is 2.79. The summed E-state index contributed by atoms with van der Waals surface area (Å²) in [4.78, 5) is 23.4. The molecular formula is C20H25N3O3. The second kappa shape index (κ2) is 10.2. The lowest BCUT2D eigenvalue weighted by Crippen LogP contribution is -2.35. The summed E-state index contributed by atoms with van der Waals surface area (Å²) in [7, 11) is 0. The molecule has 1 atom stereocenters. The Morgan fingerprint density at radius 3 is 2.81 bits per heavy atom. The van der Waals surface area contributed by atoms with Crippen LogP contribution in [-0.2, 0) is 20.9 Å². The van der Waals surface area contributed by atoms with Gasteiger partial charge in [-0.3, -0.25) is 9.48 Å². The number of nitrogens with one attached hydrogen (secondary N) is 1. The highest BCUT2D eigenvalue weighted by atomic mass is 16.5. The number of benzene rings is 1. The Labute approximate surface area is 153 Å². The minimum atomic E-state index is -0.556. The number of aromatic nitrogens is 2. The number of carbonyl (C=O) groups is 2. The molecule has 0 aliphatic heterocycles. The van der Waals surface area contributed by atoms with Gasteiger partial charge in [0.2, 0.25) is 0 Å². The molecule has 2 rings (SSSR count). The molecule has 1 aromatic carbocycles. The SMILES string of the molecule is CCC[C@@H](C)NC(=O)COC(=O)/C=C/c1cnn(Cc2ccccc2)c1. The van der Waals surface area contributed by atoms with E-state index in [2.05, 4.69) is 17.3 Å². The van der Waals surface area contributed by atoms with Gasteiger partial charge in [0.25, 0.3) is 5.91 Å². The Bertz CT molecular complexity index is 738. The molecule has 6 nitrogen and oxygen atoms in total. The molecule has 2 aromatic rings. The van der Waals surface area contributed by atoms with Gasteiger partial charge in [0.15, 0.2) is 6.61 Å². The standard InChI is InChI=1S/C20H25N3O3/c1-3-7-16(2)22-19(24)15-26-20(25)11-10-18-12-21-23(14-18)13-17-8-5-4-6-9-17/h4-6,8-12,14,16H,3,7,13,15H2,1-2H3,(H,22,24)/b11-10+/t16-/m1/s1. The van der Waals surface area contributed by atoms with Crippen molar-refractivity contribution in [3.8, 4) is 0 Å². The Morgan fingerprint density at radius 2 is 2.08 bits per heavy atom. The van der Waals surface area contributed by atoms with Gasteiger partial charge >= 0.3 is 5.97 Å². The summed E-state index contributed by atoms with van der Waals surface area (Å²) in [6, 6.07) is 10.1. The molecule has 1 N–H and O–H groups in total. The molecule has 6 heteroatoms. The molecule has 1 amide bonds. The largest absolute Gasteiger partial charge is 0.452 e. The van der Waals surface area contributed by atoms with E-state index in [4.69, 9.17) is 4.74 Å². The van der Waals surface area contributed by atoms with E-state index in [1.54, 1.807) is 17.0 Å². The molecule has 0 saturated carbocycles. The molecule has 26 heavy (non-hydrogen) atoms. The topological polar surface area (TPSA) is 73.2 Å². The summed E-state index contributed by atoms with van der Waals surface area (Å²) in [6.07, 6.45) is 8.32. The van der Waals surface area contributed by atoms with Crippen LogP contribution in [0.25, 0.3) is 6.08 Å². The molecular weight excluding hydrogens is 330 g/mol. The average Bonchev–Trinajstić information content (AvgIpc) is 3.06. The van der Waals surface area contributed by atoms with Crippen LogP contribution in [0.5, 0.6) is 0 Å². The van der Waals surface area contributed by atoms with E-state index in [1.165, 1.54) is 6.08 Å². The third kappa shape index (κ3) is 6.93. The Balaban J connectivity index is 1.77. The third-order valence-corrected chi connectivity index (χ3v) is 3.73. The molecule has 138 valence electrons. The van der Waals surface area contributed by atoms with Crippen LogP contribution in [0.2, 0.25) is 0 Å². The van der Waals surface area contributed by atoms with Crippen LogP contribution in [0.3, 0.4) is 0 Å². The van der Waals surface area contributed by atoms with Crippen molar-refractivity contribution in [2.45, 2.75) is 39.3 Å². The summed E-state index contributed by atoms with van der Waals surface area (Å²) >= 11 is 0. The average molecular weight is 355 g/mol. The number of hydrogen-bond donors (Lipinski definition) is 1. The number of carbonyl (C=O) groups excluding carboxylic acids is 2. The second-order valence-corrected chi connectivity index (χ2v) is 6.16. The van der Waals surface area contributed by atoms with Crippen molar-refractivity contribution in [3.63, 3.8) is 0 Å². The summed E-state index contributed by atoms with van der Waals surface area (Å²) in [5.74, 6) is -0.845. The van der Waals surface area contributed by atoms with Crippen LogP contribution in [-0.4, -0.2) is 34.3 Å². The number of hydrogen-bond acceptors (Lipinski definition) is 4. The van der Waals surface area contributed by atoms with Crippen LogP contribution < -0.4 is 5.32 Å². The van der Waals surface area contributed by atoms with Crippen LogP contribution in [0, 0.1) is 0 Å². The fourth-order valence-electron chi connectivity index (χ4n) is 2.49. The molecule has 0 aliphatic rings. The number of ether oxygens (including phenoxy) is 1. The zero-order valence-electron chi connectivity index (χ0n) is 15.2. The minimum absolute atomic E-state index is 0.0807. The highest BCUT2D eigenvalue weighted by molar-refractivity contribution is 5.89. The fourth-order valence-corrected chi connectivity index (χ4v) is 2.49. The molecule has 0 unspecified atom stereocenters. The summed E-state index contributed by atoms with van der Waals surface area (Å²) in [5.41, 5.74) is 1.94. The first-order valence-electron chi connectivity index (χ1n) is 8.77. The van der Waals surface area contributed by atoms with Crippen LogP contribution in [0.1, 0.15) is 37.8 Å². The van der Waals surface area contributed by atoms with Gasteiger partial charge in [0.05, 0.1) is 12.7 Å². The molecule has 0 spiro atoms. The first-order valence-corrected chi connectivity index (χ1v) is 8.77. The molecule has 1 aromatic heterocycles. The number of amides is 1. The highest BCUT2D eigenvalue weighted by Gasteiger charge is 2.08. The van der Waals surface area contributed by atoms with E-state index in [-0.39, 0.29) is 18.6 Å². The van der Waals surface area contributed by atoms with Gasteiger partial charge in [-0.1, -0.05) is 43.7 Å². The van der Waals surface area contributed by atoms with Crippen molar-refractivity contribution in [3.05, 3.63) is 59.9 Å². The first kappa shape index (κ1) is 19.4. The van der Waals surface area contributed by atoms with Crippen LogP contribution >= 0.6 is 0 Å². The smallest absolute Gasteiger partial charge is 0.331 e. The zero-order valence-corrected chi connectivity index (χ0v) is 15.2. The van der Waals surface area contributed by atoms with Gasteiger partial charge in [-0.2, -0.15) is 5.10 Å². The van der Waals surface area contributed by atoms with Gasteiger partial charge in [-0.05, 0) is 25.0 Å². The molecule has 1 heterocycles. The number of nitrogens with zero attached hydrogens (tertiary/aromatic N) is 2. The molecule has 0 saturated heterocycles. The van der Waals surface area contributed by atoms with Gasteiger partial charge in [0.1, 0.15) is 0 Å². The van der Waals surface area contributed by atoms with Gasteiger partial charge in [-0.15, -0.1) is 0 Å². The maximum absolute atomic E-state index is 11.7. The van der Waals surface area contributed by atoms with Gasteiger partial charge < -0.3 is 10.1 Å².